The van der Waals surface area contributed by atoms with Crippen molar-refractivity contribution in [3.8, 4) is 0 Å². The highest BCUT2D eigenvalue weighted by Gasteiger charge is 1.36. The van der Waals surface area contributed by atoms with Crippen LogP contribution < -0.4 is 5.34 Å². The first-order valence-electron chi connectivity index (χ1n) is 0.365. The van der Waals surface area contributed by atoms with Gasteiger partial charge in [-0.1, -0.05) is 7.43 Å². The second-order valence-electron chi connectivity index (χ2n) is 0.0745. The molecule has 0 rings (SSSR count). The third-order valence-electron chi connectivity index (χ3n) is 0. The van der Waals surface area contributed by atoms with Crippen LogP contribution in [0, 0.1) is 10.1 Å². The van der Waals surface area contributed by atoms with Gasteiger partial charge >= 0.3 is 5.34 Å². The van der Waals surface area contributed by atoms with Gasteiger partial charge in [0.1, 0.15) is 0 Å². The van der Waals surface area contributed by atoms with E-state index in [1.165, 1.54) is 0 Å². The molecule has 0 heterocycles. The van der Waals surface area contributed by atoms with Crippen molar-refractivity contribution in [2.45, 2.75) is 7.43 Å². The van der Waals surface area contributed by atoms with Gasteiger partial charge in [0.15, 0.2) is 0 Å². The molecule has 0 saturated heterocycles. The molecule has 4 heavy (non-hydrogen) atoms. The SMILES string of the molecule is C.O=[N+][O-]. The minimum atomic E-state index is 0. The Morgan fingerprint density at radius 2 is 1.75 bits per heavy atom. The summed E-state index contributed by atoms with van der Waals surface area (Å²) in [6, 6.07) is 0. The van der Waals surface area contributed by atoms with E-state index in [-0.39, 0.29) is 7.43 Å². The summed E-state index contributed by atoms with van der Waals surface area (Å²) in [4.78, 5) is 8.00. The van der Waals surface area contributed by atoms with Crippen molar-refractivity contribution in [1.29, 1.82) is 0 Å². The summed E-state index contributed by atoms with van der Waals surface area (Å²) in [7, 11) is 0. The summed E-state index contributed by atoms with van der Waals surface area (Å²) < 4.78 is 0. The van der Waals surface area contributed by atoms with Gasteiger partial charge in [0.05, 0.1) is 0 Å². The summed E-state index contributed by atoms with van der Waals surface area (Å²) in [5, 5.41) is 9.00. The maximum Gasteiger partial charge on any atom is 0.387 e. The van der Waals surface area contributed by atoms with Gasteiger partial charge < -0.3 is 0 Å². The molecule has 0 unspecified atom stereocenters. The Hall–Kier alpha value is -0.600. The van der Waals surface area contributed by atoms with Gasteiger partial charge in [0.2, 0.25) is 0 Å². The molecule has 1 radical (unpaired) electrons. The maximum atomic E-state index is 8.00. The van der Waals surface area contributed by atoms with Gasteiger partial charge in [-0.2, -0.15) is 10.1 Å². The normalized spacial score (nSPS) is 3.00. The summed E-state index contributed by atoms with van der Waals surface area (Å²) in [5.41, 5.74) is 0. The summed E-state index contributed by atoms with van der Waals surface area (Å²) in [6.45, 7) is 0. The molecule has 0 aromatic carbocycles. The van der Waals surface area contributed by atoms with E-state index in [9.17, 15) is 0 Å². The van der Waals surface area contributed by atoms with Crippen LogP contribution in [-0.2, 0) is 0 Å². The standard InChI is InChI=1S/CH4.NO2/c;2-1-3/h1H4;. The third kappa shape index (κ3) is 0.622. The molecule has 0 aliphatic rings. The second kappa shape index (κ2) is 29.4. The number of hydrogen-bond acceptors (Lipinski definition) is 3. The fraction of sp³-hybridized carbons (Fsp3) is 1.00. The lowest BCUT2D eigenvalue weighted by Gasteiger charge is -1.16. The van der Waals surface area contributed by atoms with E-state index in [4.69, 9.17) is 10.1 Å². The van der Waals surface area contributed by atoms with E-state index in [2.05, 4.69) is 0 Å². The zero-order valence-corrected chi connectivity index (χ0v) is 1.26. The highest BCUT2D eigenvalue weighted by atomic mass is 16.6. The Balaban J connectivity index is 0. The fourth-order valence-electron chi connectivity index (χ4n) is 0. The first kappa shape index (κ1) is 9.99. The number of rotatable bonds is 0. The molecule has 0 amide bonds. The minimum absolute atomic E-state index is 0. The van der Waals surface area contributed by atoms with E-state index < -0.39 is 0 Å². The van der Waals surface area contributed by atoms with E-state index in [1.54, 1.807) is 0 Å². The van der Waals surface area contributed by atoms with Gasteiger partial charge in [0.25, 0.3) is 0 Å². The minimum Gasteiger partial charge on any atom is -0.194 e. The molecule has 0 bridgehead atoms. The average Bonchev–Trinajstić information content (AvgIpc) is 0.918. The zero-order chi connectivity index (χ0) is 2.71. The van der Waals surface area contributed by atoms with Crippen LogP contribution in [0.2, 0.25) is 0 Å². The van der Waals surface area contributed by atoms with Crippen LogP contribution in [0.25, 0.3) is 0 Å². The van der Waals surface area contributed by atoms with E-state index in [0.717, 1.165) is 5.34 Å². The van der Waals surface area contributed by atoms with Crippen LogP contribution in [0.4, 0.5) is 0 Å². The molecule has 0 aliphatic carbocycles. The molecule has 0 aliphatic heterocycles. The lowest BCUT2D eigenvalue weighted by atomic mass is 12.0. The quantitative estimate of drug-likeness (QED) is 0.298. The van der Waals surface area contributed by atoms with E-state index in [0.29, 0.717) is 0 Å². The topological polar surface area (TPSA) is 54.2 Å². The van der Waals surface area contributed by atoms with Crippen LogP contribution in [0.3, 0.4) is 0 Å². The van der Waals surface area contributed by atoms with Gasteiger partial charge in [-0.15, -0.1) is 0 Å². The predicted molar refractivity (Wildman–Crippen MR) is 15.6 cm³/mol. The van der Waals surface area contributed by atoms with Gasteiger partial charge in [-0.05, 0) is 0 Å². The molecule has 3 heteroatoms. The summed E-state index contributed by atoms with van der Waals surface area (Å²) >= 11 is 0. The van der Waals surface area contributed by atoms with Crippen molar-refractivity contribution in [2.24, 2.45) is 0 Å². The second-order valence-corrected chi connectivity index (χ2v) is 0.0745. The number of hydrogen-bond donors (Lipinski definition) is 0. The van der Waals surface area contributed by atoms with Gasteiger partial charge in [-0.25, -0.2) is 0 Å². The van der Waals surface area contributed by atoms with Gasteiger partial charge in [-0.3, -0.25) is 0 Å². The highest BCUT2D eigenvalue weighted by Crippen LogP contribution is 1.03. The first-order valence-corrected chi connectivity index (χ1v) is 0.365. The van der Waals surface area contributed by atoms with Gasteiger partial charge in [0, 0.05) is 0 Å². The van der Waals surface area contributed by atoms with Crippen molar-refractivity contribution in [2.75, 3.05) is 0 Å². The van der Waals surface area contributed by atoms with E-state index in [1.807, 2.05) is 0 Å². The van der Waals surface area contributed by atoms with Crippen LogP contribution in [0.5, 0.6) is 0 Å². The molecular weight excluding hydrogens is 58.0 g/mol. The van der Waals surface area contributed by atoms with Crippen molar-refractivity contribution >= 4 is 0 Å². The molecule has 0 saturated carbocycles. The molecule has 3 nitrogen and oxygen atoms in total. The largest absolute Gasteiger partial charge is 0.387 e. The molecule has 0 aromatic rings. The molecule has 0 atom stereocenters. The zero-order valence-electron chi connectivity index (χ0n) is 1.26. The van der Waals surface area contributed by atoms with Crippen LogP contribution >= 0.6 is 0 Å². The highest BCUT2D eigenvalue weighted by molar-refractivity contribution is 4.12. The Kier molecular flexibility index (Phi) is 73.4. The van der Waals surface area contributed by atoms with Crippen molar-refractivity contribution in [3.63, 3.8) is 0 Å². The summed E-state index contributed by atoms with van der Waals surface area (Å²) in [6.07, 6.45) is 0. The smallest absolute Gasteiger partial charge is 0.194 e. The summed E-state index contributed by atoms with van der Waals surface area (Å²) in [5.74, 6) is 0. The third-order valence-corrected chi connectivity index (χ3v) is 0. The van der Waals surface area contributed by atoms with Crippen LogP contribution in [0.1, 0.15) is 7.43 Å². The lowest BCUT2D eigenvalue weighted by molar-refractivity contribution is 1.38. The Bertz CT molecular complexity index is 13.5. The predicted octanol–water partition coefficient (Wildman–Crippen LogP) is 0.222. The van der Waals surface area contributed by atoms with E-state index >= 15 is 0 Å². The Morgan fingerprint density at radius 1 is 1.75 bits per heavy atom. The van der Waals surface area contributed by atoms with Crippen LogP contribution in [0.15, 0.2) is 0 Å². The maximum absolute atomic E-state index is 8.00. The van der Waals surface area contributed by atoms with Crippen molar-refractivity contribution in [1.82, 2.24) is 5.34 Å². The molecule has 0 fully saturated rings. The molecular formula is CH4NO2. The average molecular weight is 62.0 g/mol. The molecule has 0 N–H and O–H groups in total. The first-order chi connectivity index (χ1) is 1.41. The van der Waals surface area contributed by atoms with Crippen LogP contribution in [-0.4, -0.2) is 0 Å². The molecule has 0 aromatic heterocycles. The molecule has 25 valence electrons. The van der Waals surface area contributed by atoms with Crippen molar-refractivity contribution < 1.29 is 0 Å². The van der Waals surface area contributed by atoms with Crippen molar-refractivity contribution in [3.05, 3.63) is 10.1 Å². The molecule has 0 spiro atoms. The Labute approximate surface area is 24.2 Å². The number of nitrogens with zero attached hydrogens (tertiary/aromatic N) is 1. The monoisotopic (exact) mass is 62.0 g/mol. The lowest BCUT2D eigenvalue weighted by Crippen LogP contribution is -1.47. The fourth-order valence-corrected chi connectivity index (χ4v) is 0. The Morgan fingerprint density at radius 3 is 1.75 bits per heavy atom.